The van der Waals surface area contributed by atoms with E-state index in [4.69, 9.17) is 0 Å². The Hall–Kier alpha value is -2.45. The minimum Gasteiger partial charge on any atom is -0.324 e. The second kappa shape index (κ2) is 8.59. The van der Waals surface area contributed by atoms with Crippen LogP contribution in [0.15, 0.2) is 58.4 Å². The van der Waals surface area contributed by atoms with Crippen molar-refractivity contribution in [3.05, 3.63) is 59.0 Å². The molecule has 2 N–H and O–H groups in total. The molecule has 0 saturated heterocycles. The summed E-state index contributed by atoms with van der Waals surface area (Å²) in [4.78, 5) is 23.8. The van der Waals surface area contributed by atoms with E-state index in [9.17, 15) is 18.0 Å². The molecule has 25 heavy (non-hydrogen) atoms. The molecule has 0 unspecified atom stereocenters. The van der Waals surface area contributed by atoms with E-state index in [1.54, 1.807) is 24.3 Å². The number of nitrogens with one attached hydrogen (secondary N) is 2. The third-order valence-corrected chi connectivity index (χ3v) is 4.92. The summed E-state index contributed by atoms with van der Waals surface area (Å²) in [6, 6.07) is 10.6. The number of benzene rings is 1. The largest absolute Gasteiger partial charge is 0.324 e. The third kappa shape index (κ3) is 5.54. The number of anilines is 1. The molecule has 0 aliphatic carbocycles. The number of hydrogen-bond donors (Lipinski definition) is 2. The smallest absolute Gasteiger partial charge is 0.250 e. The highest BCUT2D eigenvalue weighted by Crippen LogP contribution is 2.15. The van der Waals surface area contributed by atoms with Crippen LogP contribution in [0.4, 0.5) is 5.69 Å². The molecule has 134 valence electrons. The number of nitrogens with zero attached hydrogens (tertiary/aromatic N) is 1. The van der Waals surface area contributed by atoms with Gasteiger partial charge in [0.25, 0.3) is 5.56 Å². The molecule has 7 nitrogen and oxygen atoms in total. The molecular weight excluding hydrogens is 342 g/mol. The molecule has 2 rings (SSSR count). The zero-order valence-corrected chi connectivity index (χ0v) is 14.8. The fraction of sp³-hybridized carbons (Fsp3) is 0.294. The summed E-state index contributed by atoms with van der Waals surface area (Å²) >= 11 is 0. The van der Waals surface area contributed by atoms with E-state index < -0.39 is 15.9 Å². The van der Waals surface area contributed by atoms with Crippen LogP contribution in [0.2, 0.25) is 0 Å². The zero-order valence-electron chi connectivity index (χ0n) is 13.9. The second-order valence-corrected chi connectivity index (χ2v) is 7.26. The maximum Gasteiger partial charge on any atom is 0.250 e. The molecule has 0 aliphatic heterocycles. The SMILES string of the molecule is CCCCNS(=O)(=O)c1cccc(NC(=O)Cn2ccccc2=O)c1. The minimum atomic E-state index is -3.61. The quantitative estimate of drug-likeness (QED) is 0.696. The maximum atomic E-state index is 12.2. The van der Waals surface area contributed by atoms with Gasteiger partial charge in [-0.1, -0.05) is 25.5 Å². The van der Waals surface area contributed by atoms with Gasteiger partial charge in [0.2, 0.25) is 15.9 Å². The van der Waals surface area contributed by atoms with Gasteiger partial charge in [-0.25, -0.2) is 13.1 Å². The highest BCUT2D eigenvalue weighted by atomic mass is 32.2. The number of unbranched alkanes of at least 4 members (excludes halogenated alkanes) is 1. The van der Waals surface area contributed by atoms with Gasteiger partial charge in [-0.3, -0.25) is 9.59 Å². The number of carbonyl (C=O) groups excluding carboxylic acids is 1. The molecule has 0 saturated carbocycles. The second-order valence-electron chi connectivity index (χ2n) is 5.49. The van der Waals surface area contributed by atoms with Gasteiger partial charge in [0.05, 0.1) is 4.90 Å². The van der Waals surface area contributed by atoms with Gasteiger partial charge in [0.1, 0.15) is 6.54 Å². The van der Waals surface area contributed by atoms with Gasteiger partial charge in [0, 0.05) is 24.5 Å². The van der Waals surface area contributed by atoms with E-state index >= 15 is 0 Å². The topological polar surface area (TPSA) is 97.3 Å². The van der Waals surface area contributed by atoms with Gasteiger partial charge in [-0.15, -0.1) is 0 Å². The van der Waals surface area contributed by atoms with Crippen molar-refractivity contribution in [1.29, 1.82) is 0 Å². The first-order valence-electron chi connectivity index (χ1n) is 7.97. The molecule has 0 spiro atoms. The van der Waals surface area contributed by atoms with E-state index in [-0.39, 0.29) is 17.0 Å². The normalized spacial score (nSPS) is 11.2. The van der Waals surface area contributed by atoms with Crippen molar-refractivity contribution in [2.24, 2.45) is 0 Å². The van der Waals surface area contributed by atoms with Gasteiger partial charge >= 0.3 is 0 Å². The van der Waals surface area contributed by atoms with E-state index in [0.717, 1.165) is 12.8 Å². The molecule has 1 heterocycles. The van der Waals surface area contributed by atoms with E-state index in [0.29, 0.717) is 12.2 Å². The van der Waals surface area contributed by atoms with Crippen molar-refractivity contribution in [3.8, 4) is 0 Å². The molecule has 0 aliphatic rings. The Morgan fingerprint density at radius 1 is 1.16 bits per heavy atom. The number of aromatic nitrogens is 1. The minimum absolute atomic E-state index is 0.0817. The lowest BCUT2D eigenvalue weighted by atomic mass is 10.3. The summed E-state index contributed by atoms with van der Waals surface area (Å²) in [5.74, 6) is -0.415. The van der Waals surface area contributed by atoms with Crippen LogP contribution >= 0.6 is 0 Å². The number of pyridine rings is 1. The molecule has 0 fully saturated rings. The molecule has 0 bridgehead atoms. The Kier molecular flexibility index (Phi) is 6.49. The Bertz CT molecular complexity index is 891. The van der Waals surface area contributed by atoms with Crippen molar-refractivity contribution in [3.63, 3.8) is 0 Å². The predicted molar refractivity (Wildman–Crippen MR) is 95.9 cm³/mol. The van der Waals surface area contributed by atoms with Crippen LogP contribution in [0, 0.1) is 0 Å². The van der Waals surface area contributed by atoms with Crippen molar-refractivity contribution in [1.82, 2.24) is 9.29 Å². The van der Waals surface area contributed by atoms with Crippen LogP contribution in [0.25, 0.3) is 0 Å². The average Bonchev–Trinajstić information content (AvgIpc) is 2.57. The molecule has 2 aromatic rings. The monoisotopic (exact) mass is 363 g/mol. The number of amides is 1. The predicted octanol–water partition coefficient (Wildman–Crippen LogP) is 1.57. The highest BCUT2D eigenvalue weighted by molar-refractivity contribution is 7.89. The van der Waals surface area contributed by atoms with Crippen LogP contribution in [0.1, 0.15) is 19.8 Å². The summed E-state index contributed by atoms with van der Waals surface area (Å²) in [5.41, 5.74) is 0.0708. The lowest BCUT2D eigenvalue weighted by Crippen LogP contribution is -2.27. The van der Waals surface area contributed by atoms with Crippen molar-refractivity contribution in [2.45, 2.75) is 31.2 Å². The summed E-state index contributed by atoms with van der Waals surface area (Å²) in [7, 11) is -3.61. The lowest BCUT2D eigenvalue weighted by molar-refractivity contribution is -0.116. The molecule has 0 radical (unpaired) electrons. The zero-order chi connectivity index (χ0) is 18.3. The van der Waals surface area contributed by atoms with E-state index in [1.807, 2.05) is 6.92 Å². The molecule has 8 heteroatoms. The highest BCUT2D eigenvalue weighted by Gasteiger charge is 2.14. The summed E-state index contributed by atoms with van der Waals surface area (Å²) in [6.07, 6.45) is 3.15. The first-order chi connectivity index (χ1) is 11.9. The Balaban J connectivity index is 2.07. The molecule has 1 amide bonds. The van der Waals surface area contributed by atoms with Crippen LogP contribution in [-0.4, -0.2) is 25.4 Å². The van der Waals surface area contributed by atoms with Crippen LogP contribution in [0.3, 0.4) is 0 Å². The van der Waals surface area contributed by atoms with Crippen LogP contribution in [0.5, 0.6) is 0 Å². The number of carbonyl (C=O) groups is 1. The number of rotatable bonds is 8. The fourth-order valence-corrected chi connectivity index (χ4v) is 3.27. The van der Waals surface area contributed by atoms with Gasteiger partial charge in [-0.2, -0.15) is 0 Å². The van der Waals surface area contributed by atoms with E-state index in [1.165, 1.54) is 29.0 Å². The number of hydrogen-bond acceptors (Lipinski definition) is 4. The summed E-state index contributed by atoms with van der Waals surface area (Å²) in [6.45, 7) is 2.19. The summed E-state index contributed by atoms with van der Waals surface area (Å²) in [5, 5.41) is 2.61. The van der Waals surface area contributed by atoms with E-state index in [2.05, 4.69) is 10.0 Å². The first kappa shape index (κ1) is 18.9. The van der Waals surface area contributed by atoms with Crippen molar-refractivity contribution in [2.75, 3.05) is 11.9 Å². The number of sulfonamides is 1. The Labute approximate surface area is 146 Å². The van der Waals surface area contributed by atoms with Gasteiger partial charge in [-0.05, 0) is 30.7 Å². The average molecular weight is 363 g/mol. The van der Waals surface area contributed by atoms with Crippen molar-refractivity contribution >= 4 is 21.6 Å². The fourth-order valence-electron chi connectivity index (χ4n) is 2.15. The Morgan fingerprint density at radius 3 is 2.68 bits per heavy atom. The standard InChI is InChI=1S/C17H21N3O4S/c1-2-3-10-18-25(23,24)15-8-6-7-14(12-15)19-16(21)13-20-11-5-4-9-17(20)22/h4-9,11-12,18H,2-3,10,13H2,1H3,(H,19,21). The van der Waals surface area contributed by atoms with Gasteiger partial charge < -0.3 is 9.88 Å². The third-order valence-electron chi connectivity index (χ3n) is 3.46. The van der Waals surface area contributed by atoms with Crippen LogP contribution in [-0.2, 0) is 21.4 Å². The molecule has 0 atom stereocenters. The summed E-state index contributed by atoms with van der Waals surface area (Å²) < 4.78 is 28.2. The first-order valence-corrected chi connectivity index (χ1v) is 9.46. The van der Waals surface area contributed by atoms with Crippen LogP contribution < -0.4 is 15.6 Å². The lowest BCUT2D eigenvalue weighted by Gasteiger charge is -2.10. The van der Waals surface area contributed by atoms with Gasteiger partial charge in [0.15, 0.2) is 0 Å². The van der Waals surface area contributed by atoms with Crippen molar-refractivity contribution < 1.29 is 13.2 Å². The molecular formula is C17H21N3O4S. The molecule has 1 aromatic heterocycles. The maximum absolute atomic E-state index is 12.2. The Morgan fingerprint density at radius 2 is 1.96 bits per heavy atom. The molecule has 1 aromatic carbocycles.